The molecule has 6 heteroatoms. The van der Waals surface area contributed by atoms with Gasteiger partial charge in [-0.15, -0.1) is 0 Å². The lowest BCUT2D eigenvalue weighted by atomic mass is 10.1. The van der Waals surface area contributed by atoms with Gasteiger partial charge in [0.25, 0.3) is 0 Å². The van der Waals surface area contributed by atoms with Crippen molar-refractivity contribution in [3.8, 4) is 6.07 Å². The van der Waals surface area contributed by atoms with E-state index in [0.29, 0.717) is 17.9 Å². The van der Waals surface area contributed by atoms with Gasteiger partial charge in [0.15, 0.2) is 9.84 Å². The Hall–Kier alpha value is -0.640. The van der Waals surface area contributed by atoms with Crippen molar-refractivity contribution >= 4 is 9.84 Å². The summed E-state index contributed by atoms with van der Waals surface area (Å²) in [5, 5.41) is 8.78. The number of hydrogen-bond acceptors (Lipinski definition) is 5. The zero-order valence-corrected chi connectivity index (χ0v) is 11.0. The lowest BCUT2D eigenvalue weighted by Gasteiger charge is -2.41. The van der Waals surface area contributed by atoms with Crippen molar-refractivity contribution in [1.82, 2.24) is 9.80 Å². The normalized spacial score (nSPS) is 34.6. The fourth-order valence-corrected chi connectivity index (χ4v) is 4.45. The molecule has 0 N–H and O–H groups in total. The third-order valence-corrected chi connectivity index (χ3v) is 5.61. The van der Waals surface area contributed by atoms with Crippen LogP contribution in [-0.4, -0.2) is 68.5 Å². The van der Waals surface area contributed by atoms with E-state index in [-0.39, 0.29) is 12.1 Å². The van der Waals surface area contributed by atoms with Gasteiger partial charge in [0.1, 0.15) is 0 Å². The van der Waals surface area contributed by atoms with Crippen molar-refractivity contribution in [2.24, 2.45) is 0 Å². The second kappa shape index (κ2) is 4.92. The molecule has 17 heavy (non-hydrogen) atoms. The molecule has 96 valence electrons. The molecule has 2 rings (SSSR count). The van der Waals surface area contributed by atoms with E-state index < -0.39 is 9.84 Å². The van der Waals surface area contributed by atoms with Crippen LogP contribution in [0.2, 0.25) is 0 Å². The molecule has 2 aliphatic rings. The zero-order valence-electron chi connectivity index (χ0n) is 10.2. The standard InChI is InChI=1S/C11H19N3O2S/c1-13-5-6-14(8-10(13)2-4-12)11-3-7-17(15,16)9-11/h10-11H,2-3,5-9H2,1H3. The molecule has 0 aromatic heterocycles. The average Bonchev–Trinajstić information content (AvgIpc) is 2.62. The fourth-order valence-electron chi connectivity index (χ4n) is 2.69. The van der Waals surface area contributed by atoms with Crippen molar-refractivity contribution in [1.29, 1.82) is 5.26 Å². The van der Waals surface area contributed by atoms with Crippen LogP contribution >= 0.6 is 0 Å². The maximum Gasteiger partial charge on any atom is 0.151 e. The van der Waals surface area contributed by atoms with Crippen molar-refractivity contribution in [3.05, 3.63) is 0 Å². The highest BCUT2D eigenvalue weighted by atomic mass is 32.2. The van der Waals surface area contributed by atoms with E-state index >= 15 is 0 Å². The van der Waals surface area contributed by atoms with Crippen molar-refractivity contribution in [2.75, 3.05) is 38.2 Å². The molecule has 2 unspecified atom stereocenters. The second-order valence-corrected chi connectivity index (χ2v) is 7.28. The van der Waals surface area contributed by atoms with Crippen LogP contribution in [0.25, 0.3) is 0 Å². The Labute approximate surface area is 103 Å². The first-order valence-corrected chi connectivity index (χ1v) is 7.85. The lowest BCUT2D eigenvalue weighted by molar-refractivity contribution is 0.0734. The highest BCUT2D eigenvalue weighted by Gasteiger charge is 2.35. The number of hydrogen-bond donors (Lipinski definition) is 0. The molecule has 0 spiro atoms. The topological polar surface area (TPSA) is 64.4 Å². The molecule has 0 radical (unpaired) electrons. The Morgan fingerprint density at radius 3 is 2.76 bits per heavy atom. The Bertz CT molecular complexity index is 415. The molecular weight excluding hydrogens is 238 g/mol. The number of likely N-dealkylation sites (N-methyl/N-ethyl adjacent to an activating group) is 1. The quantitative estimate of drug-likeness (QED) is 0.680. The first-order chi connectivity index (χ1) is 8.02. The molecule has 0 bridgehead atoms. The molecule has 0 aliphatic carbocycles. The van der Waals surface area contributed by atoms with Crippen molar-refractivity contribution in [2.45, 2.75) is 24.9 Å². The van der Waals surface area contributed by atoms with E-state index in [9.17, 15) is 8.42 Å². The predicted molar refractivity (Wildman–Crippen MR) is 65.3 cm³/mol. The smallest absolute Gasteiger partial charge is 0.151 e. The summed E-state index contributed by atoms with van der Waals surface area (Å²) in [5.74, 6) is 0.628. The number of nitriles is 1. The first-order valence-electron chi connectivity index (χ1n) is 6.03. The molecule has 2 atom stereocenters. The van der Waals surface area contributed by atoms with Crippen LogP contribution in [0.3, 0.4) is 0 Å². The molecule has 5 nitrogen and oxygen atoms in total. The summed E-state index contributed by atoms with van der Waals surface area (Å²) in [4.78, 5) is 4.45. The molecule has 2 aliphatic heterocycles. The summed E-state index contributed by atoms with van der Waals surface area (Å²) in [5.41, 5.74) is 0. The number of sulfone groups is 1. The second-order valence-electron chi connectivity index (χ2n) is 5.05. The molecule has 2 fully saturated rings. The van der Waals surface area contributed by atoms with Gasteiger partial charge in [-0.05, 0) is 13.5 Å². The summed E-state index contributed by atoms with van der Waals surface area (Å²) in [6.45, 7) is 2.66. The van der Waals surface area contributed by atoms with Gasteiger partial charge in [-0.1, -0.05) is 0 Å². The molecule has 2 heterocycles. The Balaban J connectivity index is 1.97. The summed E-state index contributed by atoms with van der Waals surface area (Å²) >= 11 is 0. The van der Waals surface area contributed by atoms with Gasteiger partial charge in [0, 0.05) is 31.7 Å². The predicted octanol–water partition coefficient (Wildman–Crippen LogP) is -0.297. The number of rotatable bonds is 2. The monoisotopic (exact) mass is 257 g/mol. The van der Waals surface area contributed by atoms with E-state index in [1.807, 2.05) is 7.05 Å². The van der Waals surface area contributed by atoms with Gasteiger partial charge in [-0.2, -0.15) is 5.26 Å². The maximum absolute atomic E-state index is 11.5. The van der Waals surface area contributed by atoms with Crippen molar-refractivity contribution in [3.63, 3.8) is 0 Å². The Morgan fingerprint density at radius 1 is 1.41 bits per heavy atom. The van der Waals surface area contributed by atoms with Gasteiger partial charge < -0.3 is 0 Å². The largest absolute Gasteiger partial charge is 0.300 e. The average molecular weight is 257 g/mol. The molecule has 2 saturated heterocycles. The van der Waals surface area contributed by atoms with E-state index in [1.54, 1.807) is 0 Å². The Kier molecular flexibility index (Phi) is 3.71. The number of piperazine rings is 1. The highest BCUT2D eigenvalue weighted by Crippen LogP contribution is 2.21. The van der Waals surface area contributed by atoms with E-state index in [0.717, 1.165) is 26.1 Å². The SMILES string of the molecule is CN1CCN(C2CCS(=O)(=O)C2)CC1CC#N. The summed E-state index contributed by atoms with van der Waals surface area (Å²) in [7, 11) is -0.776. The zero-order chi connectivity index (χ0) is 12.5. The van der Waals surface area contributed by atoms with Crippen LogP contribution in [-0.2, 0) is 9.84 Å². The van der Waals surface area contributed by atoms with Crippen LogP contribution in [0.4, 0.5) is 0 Å². The van der Waals surface area contributed by atoms with Crippen LogP contribution in [0, 0.1) is 11.3 Å². The van der Waals surface area contributed by atoms with Gasteiger partial charge in [-0.25, -0.2) is 8.42 Å². The maximum atomic E-state index is 11.5. The molecule has 0 amide bonds. The van der Waals surface area contributed by atoms with E-state index in [4.69, 9.17) is 5.26 Å². The van der Waals surface area contributed by atoms with Gasteiger partial charge >= 0.3 is 0 Å². The third kappa shape index (κ3) is 2.97. The van der Waals surface area contributed by atoms with E-state index in [2.05, 4.69) is 15.9 Å². The fraction of sp³-hybridized carbons (Fsp3) is 0.909. The summed E-state index contributed by atoms with van der Waals surface area (Å²) in [6.07, 6.45) is 1.28. The molecule has 0 saturated carbocycles. The van der Waals surface area contributed by atoms with Gasteiger partial charge in [-0.3, -0.25) is 9.80 Å². The minimum atomic E-state index is -2.81. The molecule has 0 aromatic carbocycles. The van der Waals surface area contributed by atoms with Gasteiger partial charge in [0.2, 0.25) is 0 Å². The van der Waals surface area contributed by atoms with Crippen LogP contribution in [0.5, 0.6) is 0 Å². The van der Waals surface area contributed by atoms with Crippen LogP contribution < -0.4 is 0 Å². The van der Waals surface area contributed by atoms with Crippen molar-refractivity contribution < 1.29 is 8.42 Å². The highest BCUT2D eigenvalue weighted by molar-refractivity contribution is 7.91. The van der Waals surface area contributed by atoms with E-state index in [1.165, 1.54) is 0 Å². The Morgan fingerprint density at radius 2 is 2.18 bits per heavy atom. The van der Waals surface area contributed by atoms with Crippen LogP contribution in [0.15, 0.2) is 0 Å². The molecule has 0 aromatic rings. The number of nitrogens with zero attached hydrogens (tertiary/aromatic N) is 3. The summed E-state index contributed by atoms with van der Waals surface area (Å²) < 4.78 is 22.9. The minimum absolute atomic E-state index is 0.176. The first kappa shape index (κ1) is 12.8. The third-order valence-electron chi connectivity index (χ3n) is 3.86. The molecular formula is C11H19N3O2S. The summed E-state index contributed by atoms with van der Waals surface area (Å²) in [6, 6.07) is 2.63. The minimum Gasteiger partial charge on any atom is -0.300 e. The van der Waals surface area contributed by atoms with Gasteiger partial charge in [0.05, 0.1) is 24.0 Å². The van der Waals surface area contributed by atoms with Crippen LogP contribution in [0.1, 0.15) is 12.8 Å². The lowest BCUT2D eigenvalue weighted by Crippen LogP contribution is -2.54.